The molecule has 0 aliphatic carbocycles. The van der Waals surface area contributed by atoms with Crippen LogP contribution in [0.5, 0.6) is 23.0 Å². The van der Waals surface area contributed by atoms with Crippen molar-refractivity contribution in [3.8, 4) is 23.0 Å². The summed E-state index contributed by atoms with van der Waals surface area (Å²) < 4.78 is 20.7. The maximum absolute atomic E-state index is 12.0. The van der Waals surface area contributed by atoms with Crippen LogP contribution in [-0.2, 0) is 14.3 Å². The van der Waals surface area contributed by atoms with Crippen molar-refractivity contribution in [3.05, 3.63) is 42.5 Å². The number of ether oxygens (including phenoxy) is 4. The lowest BCUT2D eigenvalue weighted by atomic mass is 10.3. The smallest absolute Gasteiger partial charge is 0.305 e. The fraction of sp³-hybridized carbons (Fsp3) is 0.333. The lowest BCUT2D eigenvalue weighted by Gasteiger charge is -2.10. The van der Waals surface area contributed by atoms with Gasteiger partial charge in [-0.3, -0.25) is 9.59 Å². The molecule has 1 amide bonds. The average molecular weight is 403 g/mol. The number of phenolic OH excluding ortho intramolecular Hbond substituents is 1. The van der Waals surface area contributed by atoms with Crippen molar-refractivity contribution in [1.29, 1.82) is 0 Å². The first-order valence-corrected chi connectivity index (χ1v) is 9.20. The van der Waals surface area contributed by atoms with Crippen LogP contribution in [0.1, 0.15) is 19.8 Å². The molecule has 0 atom stereocenters. The van der Waals surface area contributed by atoms with Crippen molar-refractivity contribution in [2.75, 3.05) is 32.2 Å². The number of carbonyl (C=O) groups is 2. The Labute approximate surface area is 169 Å². The zero-order valence-corrected chi connectivity index (χ0v) is 16.5. The van der Waals surface area contributed by atoms with E-state index in [0.717, 1.165) is 0 Å². The number of amides is 1. The zero-order valence-electron chi connectivity index (χ0n) is 16.5. The number of rotatable bonds is 11. The average Bonchev–Trinajstić information content (AvgIpc) is 2.71. The quantitative estimate of drug-likeness (QED) is 0.439. The fourth-order valence-corrected chi connectivity index (χ4v) is 2.38. The van der Waals surface area contributed by atoms with Crippen LogP contribution in [-0.4, -0.2) is 43.9 Å². The second kappa shape index (κ2) is 11.4. The second-order valence-electron chi connectivity index (χ2n) is 5.95. The zero-order chi connectivity index (χ0) is 21.1. The SMILES string of the molecule is CCOC(=O)CCCOc1ccc(NC(=O)COc2ccc(OC)c(O)c2)cc1. The first-order chi connectivity index (χ1) is 14.0. The summed E-state index contributed by atoms with van der Waals surface area (Å²) in [6.07, 6.45) is 0.878. The molecule has 0 heterocycles. The van der Waals surface area contributed by atoms with Crippen LogP contribution >= 0.6 is 0 Å². The summed E-state index contributed by atoms with van der Waals surface area (Å²) in [7, 11) is 1.45. The van der Waals surface area contributed by atoms with Gasteiger partial charge in [-0.05, 0) is 49.7 Å². The molecule has 29 heavy (non-hydrogen) atoms. The van der Waals surface area contributed by atoms with Gasteiger partial charge in [-0.1, -0.05) is 0 Å². The number of carbonyl (C=O) groups excluding carboxylic acids is 2. The Morgan fingerprint density at radius 3 is 2.41 bits per heavy atom. The summed E-state index contributed by atoms with van der Waals surface area (Å²) in [6.45, 7) is 2.33. The topological polar surface area (TPSA) is 103 Å². The number of esters is 1. The van der Waals surface area contributed by atoms with E-state index in [4.69, 9.17) is 18.9 Å². The van der Waals surface area contributed by atoms with E-state index in [2.05, 4.69) is 5.32 Å². The molecule has 0 fully saturated rings. The second-order valence-corrected chi connectivity index (χ2v) is 5.95. The molecule has 0 aliphatic rings. The molecule has 0 aliphatic heterocycles. The summed E-state index contributed by atoms with van der Waals surface area (Å²) in [5.74, 6) is 0.666. The summed E-state index contributed by atoms with van der Waals surface area (Å²) in [4.78, 5) is 23.3. The van der Waals surface area contributed by atoms with Crippen molar-refractivity contribution in [3.63, 3.8) is 0 Å². The molecular weight excluding hydrogens is 378 g/mol. The van der Waals surface area contributed by atoms with Gasteiger partial charge in [-0.15, -0.1) is 0 Å². The van der Waals surface area contributed by atoms with E-state index in [1.807, 2.05) is 0 Å². The summed E-state index contributed by atoms with van der Waals surface area (Å²) in [5.41, 5.74) is 0.593. The van der Waals surface area contributed by atoms with Gasteiger partial charge in [0.15, 0.2) is 18.1 Å². The van der Waals surface area contributed by atoms with E-state index in [0.29, 0.717) is 49.0 Å². The molecule has 2 N–H and O–H groups in total. The van der Waals surface area contributed by atoms with Gasteiger partial charge in [0.05, 0.1) is 20.3 Å². The third kappa shape index (κ3) is 7.61. The summed E-state index contributed by atoms with van der Waals surface area (Å²) in [6, 6.07) is 11.4. The lowest BCUT2D eigenvalue weighted by Crippen LogP contribution is -2.20. The Morgan fingerprint density at radius 1 is 1.03 bits per heavy atom. The van der Waals surface area contributed by atoms with Crippen LogP contribution < -0.4 is 19.5 Å². The number of hydrogen-bond donors (Lipinski definition) is 2. The van der Waals surface area contributed by atoms with E-state index >= 15 is 0 Å². The number of phenols is 1. The van der Waals surface area contributed by atoms with Gasteiger partial charge in [-0.2, -0.15) is 0 Å². The van der Waals surface area contributed by atoms with Gasteiger partial charge in [0, 0.05) is 18.2 Å². The van der Waals surface area contributed by atoms with Crippen molar-refractivity contribution in [2.24, 2.45) is 0 Å². The van der Waals surface area contributed by atoms with Crippen LogP contribution in [0.15, 0.2) is 42.5 Å². The van der Waals surface area contributed by atoms with Gasteiger partial charge in [0.1, 0.15) is 11.5 Å². The largest absolute Gasteiger partial charge is 0.504 e. The Bertz CT molecular complexity index is 805. The van der Waals surface area contributed by atoms with Crippen LogP contribution in [0, 0.1) is 0 Å². The Morgan fingerprint density at radius 2 is 1.76 bits per heavy atom. The highest BCUT2D eigenvalue weighted by atomic mass is 16.5. The van der Waals surface area contributed by atoms with Gasteiger partial charge in [0.2, 0.25) is 0 Å². The van der Waals surface area contributed by atoms with E-state index in [9.17, 15) is 14.7 Å². The Kier molecular flexibility index (Phi) is 8.62. The van der Waals surface area contributed by atoms with E-state index in [1.54, 1.807) is 43.3 Å². The molecule has 2 aromatic carbocycles. The highest BCUT2D eigenvalue weighted by Crippen LogP contribution is 2.29. The van der Waals surface area contributed by atoms with E-state index in [-0.39, 0.29) is 24.2 Å². The predicted octanol–water partition coefficient (Wildman–Crippen LogP) is 3.14. The first-order valence-electron chi connectivity index (χ1n) is 9.20. The number of aromatic hydroxyl groups is 1. The molecule has 0 bridgehead atoms. The number of benzene rings is 2. The molecule has 8 heteroatoms. The van der Waals surface area contributed by atoms with Crippen molar-refractivity contribution in [2.45, 2.75) is 19.8 Å². The minimum Gasteiger partial charge on any atom is -0.504 e. The van der Waals surface area contributed by atoms with Crippen molar-refractivity contribution < 1.29 is 33.6 Å². The van der Waals surface area contributed by atoms with Gasteiger partial charge >= 0.3 is 5.97 Å². The molecule has 2 rings (SSSR count). The molecule has 0 unspecified atom stereocenters. The first kappa shape index (κ1) is 21.9. The van der Waals surface area contributed by atoms with Gasteiger partial charge < -0.3 is 29.4 Å². The molecule has 2 aromatic rings. The molecule has 0 spiro atoms. The summed E-state index contributed by atoms with van der Waals surface area (Å²) in [5, 5.41) is 12.4. The monoisotopic (exact) mass is 403 g/mol. The van der Waals surface area contributed by atoms with Crippen molar-refractivity contribution in [1.82, 2.24) is 0 Å². The number of anilines is 1. The third-order valence-electron chi connectivity index (χ3n) is 3.76. The third-order valence-corrected chi connectivity index (χ3v) is 3.76. The van der Waals surface area contributed by atoms with Crippen LogP contribution in [0.4, 0.5) is 5.69 Å². The fourth-order valence-electron chi connectivity index (χ4n) is 2.38. The molecule has 0 aromatic heterocycles. The lowest BCUT2D eigenvalue weighted by molar-refractivity contribution is -0.143. The molecule has 156 valence electrons. The maximum Gasteiger partial charge on any atom is 0.305 e. The molecule has 0 saturated carbocycles. The summed E-state index contributed by atoms with van der Waals surface area (Å²) >= 11 is 0. The highest BCUT2D eigenvalue weighted by molar-refractivity contribution is 5.91. The van der Waals surface area contributed by atoms with Crippen LogP contribution in [0.2, 0.25) is 0 Å². The molecular formula is C21H25NO7. The molecule has 8 nitrogen and oxygen atoms in total. The predicted molar refractivity (Wildman–Crippen MR) is 107 cm³/mol. The molecule has 0 saturated heterocycles. The maximum atomic E-state index is 12.0. The normalized spacial score (nSPS) is 10.1. The van der Waals surface area contributed by atoms with Gasteiger partial charge in [0.25, 0.3) is 5.91 Å². The Balaban J connectivity index is 1.72. The van der Waals surface area contributed by atoms with Crippen LogP contribution in [0.3, 0.4) is 0 Å². The molecule has 0 radical (unpaired) electrons. The minimum atomic E-state index is -0.344. The highest BCUT2D eigenvalue weighted by Gasteiger charge is 2.07. The standard InChI is InChI=1S/C21H25NO7/c1-3-27-21(25)5-4-12-28-16-8-6-15(7-9-16)22-20(24)14-29-17-10-11-19(26-2)18(23)13-17/h6-11,13,23H,3-5,12,14H2,1-2H3,(H,22,24). The number of hydrogen-bond acceptors (Lipinski definition) is 7. The van der Waals surface area contributed by atoms with Crippen LogP contribution in [0.25, 0.3) is 0 Å². The van der Waals surface area contributed by atoms with Crippen molar-refractivity contribution >= 4 is 17.6 Å². The van der Waals surface area contributed by atoms with Gasteiger partial charge in [-0.25, -0.2) is 0 Å². The van der Waals surface area contributed by atoms with E-state index in [1.165, 1.54) is 13.2 Å². The minimum absolute atomic E-state index is 0.0664. The van der Waals surface area contributed by atoms with E-state index < -0.39 is 0 Å². The Hall–Kier alpha value is -3.42. The number of nitrogens with one attached hydrogen (secondary N) is 1. The number of methoxy groups -OCH3 is 1.